The van der Waals surface area contributed by atoms with E-state index in [-0.39, 0.29) is 7.58 Å². The van der Waals surface area contributed by atoms with Crippen LogP contribution in [0.2, 0.25) is 0 Å². The van der Waals surface area contributed by atoms with Crippen molar-refractivity contribution in [2.75, 3.05) is 0 Å². The number of rotatable bonds is 2. The van der Waals surface area contributed by atoms with Crippen molar-refractivity contribution in [3.05, 3.63) is 0 Å². The van der Waals surface area contributed by atoms with E-state index in [0.717, 1.165) is 0 Å². The van der Waals surface area contributed by atoms with Crippen molar-refractivity contribution in [2.24, 2.45) is 0 Å². The molecule has 0 radical (unpaired) electrons. The Labute approximate surface area is 47.4 Å². The second kappa shape index (κ2) is 2.64. The lowest BCUT2D eigenvalue weighted by Crippen LogP contribution is -1.92. The molecule has 0 amide bonds. The molecular weight excluding hydrogens is 159 g/mol. The summed E-state index contributed by atoms with van der Waals surface area (Å²) >= 11 is 4.01. The summed E-state index contributed by atoms with van der Waals surface area (Å²) in [5.74, 6) is 0. The minimum absolute atomic E-state index is 0.246. The summed E-state index contributed by atoms with van der Waals surface area (Å²) in [6.07, 6.45) is 0. The Balaban J connectivity index is 3.84. The highest BCUT2D eigenvalue weighted by atomic mass is 32.4. The Hall–Kier alpha value is 0.390. The molecule has 0 fully saturated rings. The first-order valence-corrected chi connectivity index (χ1v) is 4.24. The van der Waals surface area contributed by atoms with Gasteiger partial charge in [-0.2, -0.15) is 12.4 Å². The highest BCUT2D eigenvalue weighted by Crippen LogP contribution is 1.98. The van der Waals surface area contributed by atoms with Crippen LogP contribution in [0.15, 0.2) is 0 Å². The van der Waals surface area contributed by atoms with E-state index in [1.165, 1.54) is 0 Å². The van der Waals surface area contributed by atoms with Crippen LogP contribution >= 0.6 is 7.58 Å². The van der Waals surface area contributed by atoms with E-state index < -0.39 is 10.4 Å². The van der Waals surface area contributed by atoms with Gasteiger partial charge in [-0.25, -0.2) is 0 Å². The van der Waals surface area contributed by atoms with Gasteiger partial charge in [-0.3, -0.25) is 4.55 Å². The molecule has 0 saturated carbocycles. The van der Waals surface area contributed by atoms with Crippen molar-refractivity contribution in [1.29, 1.82) is 0 Å². The Bertz CT molecular complexity index is 143. The van der Waals surface area contributed by atoms with Gasteiger partial charge in [-0.1, -0.05) is 0 Å². The zero-order chi connectivity index (χ0) is 5.91. The van der Waals surface area contributed by atoms with E-state index >= 15 is 0 Å². The summed E-state index contributed by atoms with van der Waals surface area (Å²) in [5.41, 5.74) is 0. The first kappa shape index (κ1) is 7.39. The maximum atomic E-state index is 9.49. The molecule has 0 heterocycles. The van der Waals surface area contributed by atoms with Crippen LogP contribution in [-0.4, -0.2) is 13.0 Å². The van der Waals surface area contributed by atoms with Gasteiger partial charge in [0.25, 0.3) is 0 Å². The second-order valence-electron chi connectivity index (χ2n) is 0.577. The van der Waals surface area contributed by atoms with Crippen LogP contribution in [-0.2, 0) is 26.2 Å². The first-order chi connectivity index (χ1) is 3.06. The molecule has 0 rings (SSSR count). The van der Waals surface area contributed by atoms with Crippen LogP contribution in [0.3, 0.4) is 0 Å². The molecule has 42 valence electrons. The summed E-state index contributed by atoms with van der Waals surface area (Å²) in [6.45, 7) is 0. The number of hydrogen-bond donors (Lipinski definition) is 1. The molecule has 0 aromatic rings. The first-order valence-electron chi connectivity index (χ1n) is 1.05. The summed E-state index contributed by atoms with van der Waals surface area (Å²) in [4.78, 5) is 0. The van der Waals surface area contributed by atoms with Gasteiger partial charge >= 0.3 is 10.4 Å². The quantitative estimate of drug-likeness (QED) is 0.459. The van der Waals surface area contributed by atoms with Crippen molar-refractivity contribution in [2.45, 2.75) is 0 Å². The van der Waals surface area contributed by atoms with E-state index in [1.54, 1.807) is 0 Å². The van der Waals surface area contributed by atoms with E-state index in [2.05, 4.69) is 15.8 Å². The van der Waals surface area contributed by atoms with Crippen LogP contribution < -0.4 is 0 Å². The summed E-state index contributed by atoms with van der Waals surface area (Å²) < 4.78 is 30.2. The van der Waals surface area contributed by atoms with Crippen molar-refractivity contribution in [1.82, 2.24) is 0 Å². The topological polar surface area (TPSA) is 63.6 Å². The van der Waals surface area contributed by atoms with Crippen LogP contribution in [0, 0.1) is 0 Å². The molecule has 0 aliphatic heterocycles. The molecule has 4 nitrogen and oxygen atoms in total. The SMILES string of the molecule is O=S(=O)(O)OP=S. The monoisotopic (exact) mass is 160 g/mol. The molecule has 0 aromatic heterocycles. The molecule has 0 aliphatic rings. The predicted octanol–water partition coefficient (Wildman–Crippen LogP) is 0.129. The molecule has 0 spiro atoms. The van der Waals surface area contributed by atoms with Crippen molar-refractivity contribution in [3.63, 3.8) is 0 Å². The van der Waals surface area contributed by atoms with E-state index in [1.807, 2.05) is 0 Å². The second-order valence-corrected chi connectivity index (χ2v) is 2.62. The highest BCUT2D eigenvalue weighted by Gasteiger charge is 1.98. The lowest BCUT2D eigenvalue weighted by Gasteiger charge is -1.81. The maximum absolute atomic E-state index is 9.49. The minimum atomic E-state index is -4.29. The average molecular weight is 160 g/mol. The molecule has 1 N–H and O–H groups in total. The Morgan fingerprint density at radius 2 is 2.14 bits per heavy atom. The third kappa shape index (κ3) is 6.39. The molecule has 0 saturated heterocycles. The summed E-state index contributed by atoms with van der Waals surface area (Å²) in [7, 11) is -4.54. The van der Waals surface area contributed by atoms with E-state index in [0.29, 0.717) is 0 Å². The normalized spacial score (nSPS) is 12.1. The van der Waals surface area contributed by atoms with Crippen LogP contribution in [0.5, 0.6) is 0 Å². The lowest BCUT2D eigenvalue weighted by atomic mass is 15.8. The third-order valence-electron chi connectivity index (χ3n) is 0.125. The molecule has 0 aliphatic carbocycles. The zero-order valence-electron chi connectivity index (χ0n) is 2.94. The Morgan fingerprint density at radius 3 is 2.14 bits per heavy atom. The smallest absolute Gasteiger partial charge is 0.263 e. The molecule has 0 aromatic carbocycles. The van der Waals surface area contributed by atoms with Crippen LogP contribution in [0.4, 0.5) is 0 Å². The van der Waals surface area contributed by atoms with Gasteiger partial charge in [-0.15, -0.1) is 0 Å². The average Bonchev–Trinajstić information content (AvgIpc) is 1.30. The zero-order valence-corrected chi connectivity index (χ0v) is 5.46. The van der Waals surface area contributed by atoms with Gasteiger partial charge in [0.2, 0.25) is 0 Å². The largest absolute Gasteiger partial charge is 0.406 e. The highest BCUT2D eigenvalue weighted by molar-refractivity contribution is 7.98. The molecule has 0 unspecified atom stereocenters. The molecule has 0 atom stereocenters. The van der Waals surface area contributed by atoms with Gasteiger partial charge < -0.3 is 0 Å². The van der Waals surface area contributed by atoms with E-state index in [9.17, 15) is 8.42 Å². The third-order valence-corrected chi connectivity index (χ3v) is 1.67. The Morgan fingerprint density at radius 1 is 1.71 bits per heavy atom. The molecular formula is HO4PS2. The minimum Gasteiger partial charge on any atom is -0.263 e. The fraction of sp³-hybridized carbons (Fsp3) is 0. The van der Waals surface area contributed by atoms with Gasteiger partial charge in [0.05, 0.1) is 0 Å². The fourth-order valence-corrected chi connectivity index (χ4v) is 1.04. The maximum Gasteiger partial charge on any atom is 0.406 e. The van der Waals surface area contributed by atoms with Crippen molar-refractivity contribution < 1.29 is 16.9 Å². The van der Waals surface area contributed by atoms with Gasteiger partial charge in [0, 0.05) is 0 Å². The van der Waals surface area contributed by atoms with Gasteiger partial charge in [-0.05, 0) is 11.8 Å². The summed E-state index contributed by atoms with van der Waals surface area (Å²) in [5, 5.41) is 0. The van der Waals surface area contributed by atoms with Gasteiger partial charge in [0.1, 0.15) is 0 Å². The molecule has 0 bridgehead atoms. The van der Waals surface area contributed by atoms with E-state index in [4.69, 9.17) is 4.55 Å². The Kier molecular flexibility index (Phi) is 2.78. The number of hydrogen-bond acceptors (Lipinski definition) is 4. The molecule has 7 heavy (non-hydrogen) atoms. The van der Waals surface area contributed by atoms with Crippen molar-refractivity contribution in [3.8, 4) is 0 Å². The standard InChI is InChI=1S/HO4PS2/c1-7(2,3)4-5-6/h(H,1,2,3). The van der Waals surface area contributed by atoms with Gasteiger partial charge in [0.15, 0.2) is 7.58 Å². The lowest BCUT2D eigenvalue weighted by molar-refractivity contribution is 0.407. The molecule has 7 heteroatoms. The fourth-order valence-electron chi connectivity index (χ4n) is 0.0385. The van der Waals surface area contributed by atoms with Crippen LogP contribution in [0.25, 0.3) is 0 Å². The predicted molar refractivity (Wildman–Crippen MR) is 26.9 cm³/mol. The van der Waals surface area contributed by atoms with Crippen LogP contribution in [0.1, 0.15) is 0 Å². The summed E-state index contributed by atoms with van der Waals surface area (Å²) in [6, 6.07) is 0. The van der Waals surface area contributed by atoms with Crippen molar-refractivity contribution >= 4 is 29.8 Å².